The predicted octanol–water partition coefficient (Wildman–Crippen LogP) is 1.28. The molecule has 0 saturated heterocycles. The van der Waals surface area contributed by atoms with Gasteiger partial charge in [-0.25, -0.2) is 0 Å². The van der Waals surface area contributed by atoms with Crippen molar-refractivity contribution in [3.63, 3.8) is 0 Å². The largest absolute Gasteiger partial charge is 0.469 e. The van der Waals surface area contributed by atoms with Gasteiger partial charge in [0.05, 0.1) is 12.5 Å². The van der Waals surface area contributed by atoms with Gasteiger partial charge in [0.1, 0.15) is 0 Å². The zero-order chi connectivity index (χ0) is 11.5. The van der Waals surface area contributed by atoms with Crippen molar-refractivity contribution in [2.75, 3.05) is 7.11 Å². The summed E-state index contributed by atoms with van der Waals surface area (Å²) in [5.41, 5.74) is 6.16. The number of hydrogen-bond acceptors (Lipinski definition) is 4. The second kappa shape index (κ2) is 4.40. The minimum absolute atomic E-state index is 0.313. The van der Waals surface area contributed by atoms with Crippen molar-refractivity contribution in [3.05, 3.63) is 30.1 Å². The first-order chi connectivity index (χ1) is 7.00. The van der Waals surface area contributed by atoms with Crippen molar-refractivity contribution in [2.45, 2.75) is 19.9 Å². The fourth-order valence-electron chi connectivity index (χ4n) is 1.38. The Bertz CT molecular complexity index is 336. The first-order valence-corrected chi connectivity index (χ1v) is 4.74. The number of ether oxygens (including phenoxy) is 1. The van der Waals surface area contributed by atoms with E-state index in [1.54, 1.807) is 38.4 Å². The lowest BCUT2D eigenvalue weighted by Crippen LogP contribution is -2.37. The first-order valence-electron chi connectivity index (χ1n) is 4.74. The lowest BCUT2D eigenvalue weighted by atomic mass is 9.81. The second-order valence-electron chi connectivity index (χ2n) is 3.97. The molecule has 0 fully saturated rings. The van der Waals surface area contributed by atoms with Crippen LogP contribution in [0.3, 0.4) is 0 Å². The van der Waals surface area contributed by atoms with Crippen LogP contribution >= 0.6 is 0 Å². The van der Waals surface area contributed by atoms with Crippen LogP contribution in [0.1, 0.15) is 25.5 Å². The molecule has 0 spiro atoms. The number of aromatic nitrogens is 1. The van der Waals surface area contributed by atoms with Gasteiger partial charge in [0.25, 0.3) is 0 Å². The van der Waals surface area contributed by atoms with Crippen LogP contribution in [-0.2, 0) is 9.53 Å². The molecule has 0 bridgehead atoms. The molecular weight excluding hydrogens is 192 g/mol. The van der Waals surface area contributed by atoms with Gasteiger partial charge in [0, 0.05) is 18.4 Å². The van der Waals surface area contributed by atoms with Crippen LogP contribution in [0, 0.1) is 5.41 Å². The maximum Gasteiger partial charge on any atom is 0.313 e. The first kappa shape index (κ1) is 11.7. The molecule has 0 aliphatic heterocycles. The zero-order valence-corrected chi connectivity index (χ0v) is 9.23. The second-order valence-corrected chi connectivity index (χ2v) is 3.97. The molecule has 4 heteroatoms. The molecule has 1 heterocycles. The third-order valence-electron chi connectivity index (χ3n) is 2.55. The van der Waals surface area contributed by atoms with Gasteiger partial charge >= 0.3 is 5.97 Å². The number of pyridine rings is 1. The maximum atomic E-state index is 11.5. The summed E-state index contributed by atoms with van der Waals surface area (Å²) in [6, 6.07) is 3.21. The lowest BCUT2D eigenvalue weighted by molar-refractivity contribution is -0.152. The Balaban J connectivity index is 2.94. The summed E-state index contributed by atoms with van der Waals surface area (Å²) in [6.07, 6.45) is 3.31. The van der Waals surface area contributed by atoms with E-state index in [0.29, 0.717) is 0 Å². The highest BCUT2D eigenvalue weighted by atomic mass is 16.5. The molecule has 1 rings (SSSR count). The molecule has 0 aliphatic rings. The fourth-order valence-corrected chi connectivity index (χ4v) is 1.38. The van der Waals surface area contributed by atoms with Crippen molar-refractivity contribution in [2.24, 2.45) is 11.1 Å². The molecule has 1 aromatic rings. The van der Waals surface area contributed by atoms with E-state index in [9.17, 15) is 4.79 Å². The third kappa shape index (κ3) is 2.33. The van der Waals surface area contributed by atoms with Crippen molar-refractivity contribution >= 4 is 5.97 Å². The molecule has 4 nitrogen and oxygen atoms in total. The van der Waals surface area contributed by atoms with Crippen LogP contribution in [-0.4, -0.2) is 18.1 Å². The average molecular weight is 208 g/mol. The molecule has 0 amide bonds. The Labute approximate surface area is 89.5 Å². The highest BCUT2D eigenvalue weighted by Gasteiger charge is 2.36. The molecule has 15 heavy (non-hydrogen) atoms. The van der Waals surface area contributed by atoms with E-state index in [2.05, 4.69) is 4.98 Å². The minimum atomic E-state index is -0.740. The van der Waals surface area contributed by atoms with Gasteiger partial charge in [-0.1, -0.05) is 0 Å². The SMILES string of the molecule is COC(=O)C(C)(C)[C@@H](N)c1ccncc1. The van der Waals surface area contributed by atoms with Gasteiger partial charge in [0.2, 0.25) is 0 Å². The van der Waals surface area contributed by atoms with E-state index in [4.69, 9.17) is 10.5 Å². The van der Waals surface area contributed by atoms with Crippen LogP contribution < -0.4 is 5.73 Å². The molecule has 82 valence electrons. The number of rotatable bonds is 3. The summed E-state index contributed by atoms with van der Waals surface area (Å²) in [7, 11) is 1.36. The standard InChI is InChI=1S/C11H16N2O2/c1-11(2,10(14)15-3)9(12)8-4-6-13-7-5-8/h4-7,9H,12H2,1-3H3/t9-/m0/s1. The molecule has 0 radical (unpaired) electrons. The van der Waals surface area contributed by atoms with Gasteiger partial charge in [-0.05, 0) is 31.5 Å². The lowest BCUT2D eigenvalue weighted by Gasteiger charge is -2.28. The van der Waals surface area contributed by atoms with Crippen LogP contribution in [0.2, 0.25) is 0 Å². The summed E-state index contributed by atoms with van der Waals surface area (Å²) >= 11 is 0. The van der Waals surface area contributed by atoms with Crippen molar-refractivity contribution in [1.82, 2.24) is 4.98 Å². The van der Waals surface area contributed by atoms with Gasteiger partial charge in [-0.15, -0.1) is 0 Å². The number of carbonyl (C=O) groups excluding carboxylic acids is 1. The van der Waals surface area contributed by atoms with Gasteiger partial charge in [0.15, 0.2) is 0 Å². The van der Waals surface area contributed by atoms with Crippen molar-refractivity contribution in [3.8, 4) is 0 Å². The Kier molecular flexibility index (Phi) is 3.42. The van der Waals surface area contributed by atoms with Crippen molar-refractivity contribution < 1.29 is 9.53 Å². The van der Waals surface area contributed by atoms with Gasteiger partial charge in [-0.2, -0.15) is 0 Å². The number of methoxy groups -OCH3 is 1. The number of hydrogen-bond donors (Lipinski definition) is 1. The summed E-state index contributed by atoms with van der Waals surface area (Å²) < 4.78 is 4.72. The highest BCUT2D eigenvalue weighted by molar-refractivity contribution is 5.77. The third-order valence-corrected chi connectivity index (χ3v) is 2.55. The Hall–Kier alpha value is -1.42. The van der Waals surface area contributed by atoms with E-state index in [-0.39, 0.29) is 5.97 Å². The molecule has 1 aromatic heterocycles. The summed E-state index contributed by atoms with van der Waals surface area (Å²) in [5.74, 6) is -0.313. The van der Waals surface area contributed by atoms with Crippen LogP contribution in [0.15, 0.2) is 24.5 Å². The van der Waals surface area contributed by atoms with E-state index in [1.807, 2.05) is 0 Å². The summed E-state index contributed by atoms with van der Waals surface area (Å²) in [5, 5.41) is 0. The molecule has 2 N–H and O–H groups in total. The smallest absolute Gasteiger partial charge is 0.313 e. The van der Waals surface area contributed by atoms with E-state index in [0.717, 1.165) is 5.56 Å². The molecule has 0 unspecified atom stereocenters. The van der Waals surface area contributed by atoms with Crippen LogP contribution in [0.25, 0.3) is 0 Å². The van der Waals surface area contributed by atoms with E-state index < -0.39 is 11.5 Å². The number of carbonyl (C=O) groups is 1. The topological polar surface area (TPSA) is 65.2 Å². The average Bonchev–Trinajstić information content (AvgIpc) is 2.28. The Morgan fingerprint density at radius 3 is 2.47 bits per heavy atom. The highest BCUT2D eigenvalue weighted by Crippen LogP contribution is 2.31. The number of esters is 1. The number of nitrogens with two attached hydrogens (primary N) is 1. The normalized spacial score (nSPS) is 13.3. The molecule has 1 atom stereocenters. The molecular formula is C11H16N2O2. The monoisotopic (exact) mass is 208 g/mol. The van der Waals surface area contributed by atoms with Gasteiger partial charge < -0.3 is 10.5 Å². The van der Waals surface area contributed by atoms with Crippen LogP contribution in [0.5, 0.6) is 0 Å². The Morgan fingerprint density at radius 1 is 1.47 bits per heavy atom. The molecule has 0 aliphatic carbocycles. The van der Waals surface area contributed by atoms with Crippen molar-refractivity contribution in [1.29, 1.82) is 0 Å². The fraction of sp³-hybridized carbons (Fsp3) is 0.455. The Morgan fingerprint density at radius 2 is 2.00 bits per heavy atom. The van der Waals surface area contributed by atoms with Gasteiger partial charge in [-0.3, -0.25) is 9.78 Å². The summed E-state index contributed by atoms with van der Waals surface area (Å²) in [6.45, 7) is 3.54. The van der Waals surface area contributed by atoms with E-state index in [1.165, 1.54) is 7.11 Å². The minimum Gasteiger partial charge on any atom is -0.469 e. The predicted molar refractivity (Wildman–Crippen MR) is 57.0 cm³/mol. The number of nitrogens with zero attached hydrogens (tertiary/aromatic N) is 1. The summed E-state index contributed by atoms with van der Waals surface area (Å²) in [4.78, 5) is 15.4. The maximum absolute atomic E-state index is 11.5. The van der Waals surface area contributed by atoms with E-state index >= 15 is 0 Å². The quantitative estimate of drug-likeness (QED) is 0.760. The van der Waals surface area contributed by atoms with Crippen LogP contribution in [0.4, 0.5) is 0 Å². The molecule has 0 aromatic carbocycles. The molecule has 0 saturated carbocycles. The zero-order valence-electron chi connectivity index (χ0n) is 9.23.